The highest BCUT2D eigenvalue weighted by molar-refractivity contribution is 5.67. The molecule has 2 rings (SSSR count). The topological polar surface area (TPSA) is 29.3 Å². The summed E-state index contributed by atoms with van der Waals surface area (Å²) in [5.41, 5.74) is 4.87. The van der Waals surface area contributed by atoms with Gasteiger partial charge in [0.05, 0.1) is 16.9 Å². The average molecular weight is 298 g/mol. The van der Waals surface area contributed by atoms with Gasteiger partial charge in [-0.25, -0.2) is 4.39 Å². The van der Waals surface area contributed by atoms with Crippen molar-refractivity contribution in [2.24, 2.45) is 5.73 Å². The molecule has 0 aliphatic rings. The molecule has 0 aliphatic heterocycles. The summed E-state index contributed by atoms with van der Waals surface area (Å²) < 4.78 is 53.3. The maximum atomic E-state index is 13.8. The van der Waals surface area contributed by atoms with Crippen LogP contribution in [0.5, 0.6) is 0 Å². The van der Waals surface area contributed by atoms with Crippen molar-refractivity contribution in [1.82, 2.24) is 0 Å². The van der Waals surface area contributed by atoms with E-state index in [1.165, 1.54) is 42.3 Å². The highest BCUT2D eigenvalue weighted by Crippen LogP contribution is 2.39. The van der Waals surface area contributed by atoms with Crippen LogP contribution in [0.25, 0.3) is 0 Å². The van der Waals surface area contributed by atoms with E-state index >= 15 is 0 Å². The van der Waals surface area contributed by atoms with Crippen molar-refractivity contribution in [3.05, 3.63) is 59.4 Å². The normalized spacial score (nSPS) is 11.5. The second kappa shape index (κ2) is 5.73. The first-order valence-corrected chi connectivity index (χ1v) is 6.23. The van der Waals surface area contributed by atoms with Crippen LogP contribution in [0, 0.1) is 5.82 Å². The molecule has 0 saturated heterocycles. The van der Waals surface area contributed by atoms with Crippen LogP contribution in [0.1, 0.15) is 11.1 Å². The van der Waals surface area contributed by atoms with Crippen LogP contribution in [0.15, 0.2) is 42.5 Å². The third-order valence-corrected chi connectivity index (χ3v) is 3.18. The summed E-state index contributed by atoms with van der Waals surface area (Å²) in [5.74, 6) is -0.587. The lowest BCUT2D eigenvalue weighted by molar-refractivity contribution is -0.137. The van der Waals surface area contributed by atoms with Gasteiger partial charge in [0.25, 0.3) is 0 Å². The molecule has 2 N–H and O–H groups in total. The zero-order valence-corrected chi connectivity index (χ0v) is 11.3. The van der Waals surface area contributed by atoms with E-state index in [-0.39, 0.29) is 17.9 Å². The molecule has 0 atom stereocenters. The van der Waals surface area contributed by atoms with Gasteiger partial charge in [-0.2, -0.15) is 13.2 Å². The number of halogens is 4. The van der Waals surface area contributed by atoms with Gasteiger partial charge in [-0.15, -0.1) is 0 Å². The smallest absolute Gasteiger partial charge is 0.342 e. The Morgan fingerprint density at radius 1 is 1.05 bits per heavy atom. The van der Waals surface area contributed by atoms with Gasteiger partial charge in [-0.1, -0.05) is 18.2 Å². The molecule has 0 saturated carbocycles. The van der Waals surface area contributed by atoms with Gasteiger partial charge in [0.1, 0.15) is 5.82 Å². The van der Waals surface area contributed by atoms with Crippen molar-refractivity contribution in [3.8, 4) is 0 Å². The minimum Gasteiger partial charge on any atom is -0.342 e. The SMILES string of the molecule is CN(c1ccccc1F)c1ccc(CN)cc1C(F)(F)F. The first-order chi connectivity index (χ1) is 9.84. The van der Waals surface area contributed by atoms with Crippen LogP contribution in [0.3, 0.4) is 0 Å². The van der Waals surface area contributed by atoms with Crippen LogP contribution in [0.4, 0.5) is 28.9 Å². The van der Waals surface area contributed by atoms with Gasteiger partial charge in [0.2, 0.25) is 0 Å². The number of benzene rings is 2. The highest BCUT2D eigenvalue weighted by atomic mass is 19.4. The van der Waals surface area contributed by atoms with Crippen molar-refractivity contribution >= 4 is 11.4 Å². The Balaban J connectivity index is 2.56. The molecule has 112 valence electrons. The van der Waals surface area contributed by atoms with Gasteiger partial charge < -0.3 is 10.6 Å². The van der Waals surface area contributed by atoms with Crippen LogP contribution in [-0.2, 0) is 12.7 Å². The molecule has 21 heavy (non-hydrogen) atoms. The minimum absolute atomic E-state index is 0.00672. The molecule has 0 amide bonds. The molecule has 0 radical (unpaired) electrons. The average Bonchev–Trinajstić information content (AvgIpc) is 2.45. The second-order valence-electron chi connectivity index (χ2n) is 4.56. The summed E-state index contributed by atoms with van der Waals surface area (Å²) in [6.07, 6.45) is -4.54. The number of hydrogen-bond donors (Lipinski definition) is 1. The molecule has 0 aliphatic carbocycles. The van der Waals surface area contributed by atoms with Gasteiger partial charge in [-0.3, -0.25) is 0 Å². The molecule has 0 unspecified atom stereocenters. The van der Waals surface area contributed by atoms with Crippen molar-refractivity contribution in [3.63, 3.8) is 0 Å². The standard InChI is InChI=1S/C15H14F4N2/c1-21(14-5-3-2-4-12(14)16)13-7-6-10(9-20)8-11(13)15(17,18)19/h2-8H,9,20H2,1H3. The molecule has 6 heteroatoms. The van der Waals surface area contributed by atoms with E-state index in [9.17, 15) is 17.6 Å². The van der Waals surface area contributed by atoms with Gasteiger partial charge in [0.15, 0.2) is 0 Å². The molecule has 2 aromatic rings. The lowest BCUT2D eigenvalue weighted by Gasteiger charge is -2.24. The third kappa shape index (κ3) is 3.16. The molecule has 2 nitrogen and oxygen atoms in total. The monoisotopic (exact) mass is 298 g/mol. The van der Waals surface area contributed by atoms with E-state index < -0.39 is 17.6 Å². The fourth-order valence-corrected chi connectivity index (χ4v) is 2.08. The second-order valence-corrected chi connectivity index (χ2v) is 4.56. The third-order valence-electron chi connectivity index (χ3n) is 3.18. The van der Waals surface area contributed by atoms with E-state index in [4.69, 9.17) is 5.73 Å². The van der Waals surface area contributed by atoms with E-state index in [0.29, 0.717) is 5.56 Å². The molecule has 0 aromatic heterocycles. The number of nitrogens with two attached hydrogens (primary N) is 1. The largest absolute Gasteiger partial charge is 0.418 e. The van der Waals surface area contributed by atoms with E-state index in [1.54, 1.807) is 6.07 Å². The molecule has 0 fully saturated rings. The summed E-state index contributed by atoms with van der Waals surface area (Å²) in [6, 6.07) is 9.47. The van der Waals surface area contributed by atoms with Crippen LogP contribution in [0.2, 0.25) is 0 Å². The van der Waals surface area contributed by atoms with E-state index in [1.807, 2.05) is 0 Å². The summed E-state index contributed by atoms with van der Waals surface area (Å²) >= 11 is 0. The lowest BCUT2D eigenvalue weighted by atomic mass is 10.1. The Morgan fingerprint density at radius 2 is 1.71 bits per heavy atom. The molecule has 0 spiro atoms. The van der Waals surface area contributed by atoms with Crippen LogP contribution in [-0.4, -0.2) is 7.05 Å². The minimum atomic E-state index is -4.54. The molecule has 2 aromatic carbocycles. The predicted octanol–water partition coefficient (Wildman–Crippen LogP) is 4.07. The molecular formula is C15H14F4N2. The number of hydrogen-bond acceptors (Lipinski definition) is 2. The zero-order valence-electron chi connectivity index (χ0n) is 11.3. The fraction of sp³-hybridized carbons (Fsp3) is 0.200. The zero-order chi connectivity index (χ0) is 15.6. The Labute approximate surface area is 119 Å². The molecular weight excluding hydrogens is 284 g/mol. The number of nitrogens with zero attached hydrogens (tertiary/aromatic N) is 1. The number of rotatable bonds is 3. The molecule has 0 heterocycles. The van der Waals surface area contributed by atoms with Crippen molar-refractivity contribution < 1.29 is 17.6 Å². The summed E-state index contributed by atoms with van der Waals surface area (Å²) in [7, 11) is 1.39. The maximum Gasteiger partial charge on any atom is 0.418 e. The first-order valence-electron chi connectivity index (χ1n) is 6.23. The van der Waals surface area contributed by atoms with Crippen LogP contribution >= 0.6 is 0 Å². The first kappa shape index (κ1) is 15.3. The van der Waals surface area contributed by atoms with Crippen molar-refractivity contribution in [2.75, 3.05) is 11.9 Å². The predicted molar refractivity (Wildman–Crippen MR) is 73.8 cm³/mol. The van der Waals surface area contributed by atoms with Crippen molar-refractivity contribution in [1.29, 1.82) is 0 Å². The Kier molecular flexibility index (Phi) is 4.18. The van der Waals surface area contributed by atoms with Gasteiger partial charge in [0, 0.05) is 13.6 Å². The highest BCUT2D eigenvalue weighted by Gasteiger charge is 2.35. The maximum absolute atomic E-state index is 13.8. The van der Waals surface area contributed by atoms with Gasteiger partial charge in [-0.05, 0) is 29.8 Å². The molecule has 0 bridgehead atoms. The Morgan fingerprint density at radius 3 is 2.29 bits per heavy atom. The fourth-order valence-electron chi connectivity index (χ4n) is 2.08. The quantitative estimate of drug-likeness (QED) is 0.865. The number of alkyl halides is 3. The summed E-state index contributed by atoms with van der Waals surface area (Å²) in [4.78, 5) is 1.18. The number of para-hydroxylation sites is 1. The summed E-state index contributed by atoms with van der Waals surface area (Å²) in [6.45, 7) is 0.00672. The Bertz CT molecular complexity index is 638. The van der Waals surface area contributed by atoms with Crippen LogP contribution < -0.4 is 10.6 Å². The lowest BCUT2D eigenvalue weighted by Crippen LogP contribution is -2.18. The Hall–Kier alpha value is -2.08. The van der Waals surface area contributed by atoms with E-state index in [0.717, 1.165) is 6.07 Å². The van der Waals surface area contributed by atoms with Crippen molar-refractivity contribution in [2.45, 2.75) is 12.7 Å². The summed E-state index contributed by atoms with van der Waals surface area (Å²) in [5, 5.41) is 0. The number of anilines is 2. The van der Waals surface area contributed by atoms with E-state index in [2.05, 4.69) is 0 Å². The van der Waals surface area contributed by atoms with Gasteiger partial charge >= 0.3 is 6.18 Å².